The van der Waals surface area contributed by atoms with Crippen LogP contribution in [0.25, 0.3) is 6.08 Å². The fourth-order valence-corrected chi connectivity index (χ4v) is 2.70. The van der Waals surface area contributed by atoms with Crippen LogP contribution in [0.4, 0.5) is 0 Å². The minimum Gasteiger partial charge on any atom is -0.508 e. The Bertz CT molecular complexity index is 970. The number of allylic oxidation sites excluding steroid dienone is 1. The molecular weight excluding hydrogens is 352 g/mol. The summed E-state index contributed by atoms with van der Waals surface area (Å²) < 4.78 is 11.3. The van der Waals surface area contributed by atoms with E-state index in [2.05, 4.69) is 0 Å². The Kier molecular flexibility index (Phi) is 6.12. The Morgan fingerprint density at radius 2 is 1.71 bits per heavy atom. The molecule has 0 unspecified atom stereocenters. The van der Waals surface area contributed by atoms with E-state index in [0.717, 1.165) is 22.6 Å². The summed E-state index contributed by atoms with van der Waals surface area (Å²) >= 11 is 0. The molecule has 0 bridgehead atoms. The molecule has 1 N–H and O–H groups in total. The molecule has 142 valence electrons. The molecule has 4 heteroatoms. The van der Waals surface area contributed by atoms with Crippen molar-refractivity contribution < 1.29 is 19.4 Å². The zero-order valence-electron chi connectivity index (χ0n) is 15.9. The summed E-state index contributed by atoms with van der Waals surface area (Å²) in [6, 6.07) is 19.7. The van der Waals surface area contributed by atoms with Crippen molar-refractivity contribution in [1.29, 1.82) is 0 Å². The number of phenols is 1. The van der Waals surface area contributed by atoms with Crippen LogP contribution >= 0.6 is 0 Å². The van der Waals surface area contributed by atoms with E-state index in [9.17, 15) is 9.90 Å². The first kappa shape index (κ1) is 19.2. The number of aryl methyl sites for hydroxylation is 1. The lowest BCUT2D eigenvalue weighted by atomic mass is 10.1. The highest BCUT2D eigenvalue weighted by atomic mass is 16.5. The van der Waals surface area contributed by atoms with E-state index in [1.165, 1.54) is 23.8 Å². The number of benzene rings is 3. The van der Waals surface area contributed by atoms with Gasteiger partial charge in [0, 0.05) is 11.1 Å². The number of aromatic hydroxyl groups is 1. The van der Waals surface area contributed by atoms with Gasteiger partial charge in [-0.15, -0.1) is 0 Å². The fourth-order valence-electron chi connectivity index (χ4n) is 2.70. The number of phenolic OH excluding ortho intramolecular Hbond substituents is 1. The van der Waals surface area contributed by atoms with Gasteiger partial charge in [0.05, 0.1) is 7.11 Å². The molecule has 0 spiro atoms. The lowest BCUT2D eigenvalue weighted by Gasteiger charge is -2.11. The second-order valence-corrected chi connectivity index (χ2v) is 6.42. The number of methoxy groups -OCH3 is 1. The third-order valence-corrected chi connectivity index (χ3v) is 4.30. The molecule has 0 aliphatic carbocycles. The van der Waals surface area contributed by atoms with Gasteiger partial charge in [0.15, 0.2) is 5.78 Å². The van der Waals surface area contributed by atoms with Crippen LogP contribution in [-0.2, 0) is 6.61 Å². The zero-order chi connectivity index (χ0) is 19.9. The van der Waals surface area contributed by atoms with Crippen molar-refractivity contribution in [1.82, 2.24) is 0 Å². The summed E-state index contributed by atoms with van der Waals surface area (Å²) in [6.07, 6.45) is 3.27. The molecule has 0 saturated carbocycles. The predicted octanol–water partition coefficient (Wildman–Crippen LogP) is 5.18. The molecule has 0 saturated heterocycles. The van der Waals surface area contributed by atoms with Crippen molar-refractivity contribution in [2.45, 2.75) is 13.5 Å². The Morgan fingerprint density at radius 1 is 1.00 bits per heavy atom. The Labute approximate surface area is 164 Å². The van der Waals surface area contributed by atoms with E-state index in [-0.39, 0.29) is 11.5 Å². The Morgan fingerprint density at radius 3 is 2.39 bits per heavy atom. The Hall–Kier alpha value is -3.53. The zero-order valence-corrected chi connectivity index (χ0v) is 15.9. The first-order valence-corrected chi connectivity index (χ1v) is 8.93. The average molecular weight is 374 g/mol. The molecule has 28 heavy (non-hydrogen) atoms. The van der Waals surface area contributed by atoms with Gasteiger partial charge >= 0.3 is 0 Å². The lowest BCUT2D eigenvalue weighted by molar-refractivity contribution is 0.104. The minimum atomic E-state index is -0.131. The number of ketones is 1. The molecule has 0 aliphatic heterocycles. The first-order valence-electron chi connectivity index (χ1n) is 8.93. The summed E-state index contributed by atoms with van der Waals surface area (Å²) in [5.74, 6) is 1.52. The third kappa shape index (κ3) is 5.01. The summed E-state index contributed by atoms with van der Waals surface area (Å²) in [5, 5.41) is 9.32. The molecule has 0 heterocycles. The number of rotatable bonds is 7. The van der Waals surface area contributed by atoms with Crippen LogP contribution < -0.4 is 9.47 Å². The maximum Gasteiger partial charge on any atom is 0.185 e. The van der Waals surface area contributed by atoms with Crippen molar-refractivity contribution in [3.05, 3.63) is 95.1 Å². The standard InChI is InChI=1S/C24H22O4/c1-17-3-11-22(12-4-17)28-16-20-15-18(6-14-24(20)27-2)5-13-23(26)19-7-9-21(25)10-8-19/h3-15,25H,16H2,1-2H3/b13-5+. The summed E-state index contributed by atoms with van der Waals surface area (Å²) in [7, 11) is 1.62. The summed E-state index contributed by atoms with van der Waals surface area (Å²) in [6.45, 7) is 2.39. The second-order valence-electron chi connectivity index (χ2n) is 6.42. The maximum absolute atomic E-state index is 12.3. The number of carbonyl (C=O) groups excluding carboxylic acids is 1. The molecule has 0 atom stereocenters. The third-order valence-electron chi connectivity index (χ3n) is 4.30. The molecule has 0 radical (unpaired) electrons. The fraction of sp³-hybridized carbons (Fsp3) is 0.125. The van der Waals surface area contributed by atoms with Crippen LogP contribution in [0.5, 0.6) is 17.2 Å². The Balaban J connectivity index is 1.73. The van der Waals surface area contributed by atoms with Crippen LogP contribution in [0.1, 0.15) is 27.0 Å². The minimum absolute atomic E-state index is 0.131. The van der Waals surface area contributed by atoms with Crippen LogP contribution in [0.15, 0.2) is 72.8 Å². The van der Waals surface area contributed by atoms with E-state index in [0.29, 0.717) is 12.2 Å². The van der Waals surface area contributed by atoms with Gasteiger partial charge in [0.2, 0.25) is 0 Å². The molecule has 3 aromatic carbocycles. The van der Waals surface area contributed by atoms with Crippen LogP contribution in [0.2, 0.25) is 0 Å². The molecule has 4 nitrogen and oxygen atoms in total. The summed E-state index contributed by atoms with van der Waals surface area (Å²) in [5.41, 5.74) is 3.46. The molecule has 0 aromatic heterocycles. The van der Waals surface area contributed by atoms with Crippen molar-refractivity contribution in [3.63, 3.8) is 0 Å². The van der Waals surface area contributed by atoms with Gasteiger partial charge in [-0.05, 0) is 67.1 Å². The number of hydrogen-bond donors (Lipinski definition) is 1. The molecule has 0 fully saturated rings. The van der Waals surface area contributed by atoms with Crippen molar-refractivity contribution >= 4 is 11.9 Å². The van der Waals surface area contributed by atoms with Gasteiger partial charge < -0.3 is 14.6 Å². The highest BCUT2D eigenvalue weighted by molar-refractivity contribution is 6.06. The monoisotopic (exact) mass is 374 g/mol. The second kappa shape index (κ2) is 8.91. The smallest absolute Gasteiger partial charge is 0.185 e. The van der Waals surface area contributed by atoms with Gasteiger partial charge in [-0.25, -0.2) is 0 Å². The molecule has 3 aromatic rings. The van der Waals surface area contributed by atoms with E-state index in [4.69, 9.17) is 9.47 Å². The van der Waals surface area contributed by atoms with Crippen LogP contribution in [0.3, 0.4) is 0 Å². The molecular formula is C24H22O4. The van der Waals surface area contributed by atoms with E-state index in [1.54, 1.807) is 25.3 Å². The lowest BCUT2D eigenvalue weighted by Crippen LogP contribution is -1.99. The van der Waals surface area contributed by atoms with Crippen molar-refractivity contribution in [2.75, 3.05) is 7.11 Å². The van der Waals surface area contributed by atoms with E-state index >= 15 is 0 Å². The van der Waals surface area contributed by atoms with Gasteiger partial charge in [-0.1, -0.05) is 29.8 Å². The number of hydrogen-bond acceptors (Lipinski definition) is 4. The quantitative estimate of drug-likeness (QED) is 0.457. The predicted molar refractivity (Wildman–Crippen MR) is 110 cm³/mol. The largest absolute Gasteiger partial charge is 0.508 e. The van der Waals surface area contributed by atoms with Gasteiger partial charge in [-0.2, -0.15) is 0 Å². The molecule has 0 amide bonds. The number of ether oxygens (including phenoxy) is 2. The van der Waals surface area contributed by atoms with E-state index < -0.39 is 0 Å². The highest BCUT2D eigenvalue weighted by Crippen LogP contribution is 2.23. The average Bonchev–Trinajstić information content (AvgIpc) is 2.72. The highest BCUT2D eigenvalue weighted by Gasteiger charge is 2.06. The van der Waals surface area contributed by atoms with Gasteiger partial charge in [0.1, 0.15) is 23.9 Å². The first-order chi connectivity index (χ1) is 13.5. The SMILES string of the molecule is COc1ccc(/C=C/C(=O)c2ccc(O)cc2)cc1COc1ccc(C)cc1. The topological polar surface area (TPSA) is 55.8 Å². The summed E-state index contributed by atoms with van der Waals surface area (Å²) in [4.78, 5) is 12.3. The molecule has 3 rings (SSSR count). The van der Waals surface area contributed by atoms with Crippen LogP contribution in [-0.4, -0.2) is 18.0 Å². The maximum atomic E-state index is 12.3. The van der Waals surface area contributed by atoms with Crippen LogP contribution in [0, 0.1) is 6.92 Å². The van der Waals surface area contributed by atoms with Crippen molar-refractivity contribution in [2.24, 2.45) is 0 Å². The van der Waals surface area contributed by atoms with Gasteiger partial charge in [-0.3, -0.25) is 4.79 Å². The van der Waals surface area contributed by atoms with Crippen molar-refractivity contribution in [3.8, 4) is 17.2 Å². The van der Waals surface area contributed by atoms with E-state index in [1.807, 2.05) is 49.4 Å². The molecule has 0 aliphatic rings. The van der Waals surface area contributed by atoms with Gasteiger partial charge in [0.25, 0.3) is 0 Å². The number of carbonyl (C=O) groups is 1. The normalized spacial score (nSPS) is 10.8.